The Kier molecular flexibility index (Phi) is 4.95. The highest BCUT2D eigenvalue weighted by Crippen LogP contribution is 2.28. The molecule has 3 nitrogen and oxygen atoms in total. The number of piperidine rings is 1. The van der Waals surface area contributed by atoms with Crippen molar-refractivity contribution in [1.82, 2.24) is 10.2 Å². The molecule has 2 aliphatic heterocycles. The predicted octanol–water partition coefficient (Wildman–Crippen LogP) is 2.64. The van der Waals surface area contributed by atoms with E-state index in [1.807, 2.05) is 12.1 Å². The molecule has 0 radical (unpaired) electrons. The number of hydrogen-bond donors (Lipinski definition) is 1. The van der Waals surface area contributed by atoms with E-state index in [1.165, 1.54) is 12.0 Å². The Labute approximate surface area is 136 Å². The highest BCUT2D eigenvalue weighted by Gasteiger charge is 2.35. The molecule has 1 unspecified atom stereocenters. The highest BCUT2D eigenvalue weighted by molar-refractivity contribution is 5.78. The normalized spacial score (nSPS) is 23.9. The summed E-state index contributed by atoms with van der Waals surface area (Å²) in [5.74, 6) is -1.95. The Morgan fingerprint density at radius 3 is 2.43 bits per heavy atom. The van der Waals surface area contributed by atoms with Gasteiger partial charge in [0.05, 0.1) is 6.42 Å². The van der Waals surface area contributed by atoms with E-state index < -0.39 is 5.92 Å². The maximum Gasteiger partial charge on any atom is 0.251 e. The molecule has 0 aromatic heterocycles. The third kappa shape index (κ3) is 4.50. The average Bonchev–Trinajstić information content (AvgIpc) is 3.02. The van der Waals surface area contributed by atoms with E-state index in [9.17, 15) is 13.6 Å². The van der Waals surface area contributed by atoms with Crippen LogP contribution in [0.1, 0.15) is 30.4 Å². The topological polar surface area (TPSA) is 32.3 Å². The van der Waals surface area contributed by atoms with Crippen molar-refractivity contribution >= 4 is 5.91 Å². The van der Waals surface area contributed by atoms with Crippen LogP contribution in [0, 0.1) is 5.92 Å². The molecule has 2 saturated heterocycles. The Hall–Kier alpha value is -1.49. The van der Waals surface area contributed by atoms with Gasteiger partial charge in [-0.25, -0.2) is 8.78 Å². The maximum atomic E-state index is 13.1. The van der Waals surface area contributed by atoms with E-state index in [0.717, 1.165) is 25.1 Å². The molecule has 1 aromatic rings. The molecule has 0 aliphatic carbocycles. The Bertz CT molecular complexity index is 528. The molecule has 0 saturated carbocycles. The van der Waals surface area contributed by atoms with Crippen LogP contribution in [0.25, 0.3) is 0 Å². The summed E-state index contributed by atoms with van der Waals surface area (Å²) >= 11 is 0. The molecule has 1 amide bonds. The van der Waals surface area contributed by atoms with E-state index in [2.05, 4.69) is 17.4 Å². The lowest BCUT2D eigenvalue weighted by Crippen LogP contribution is -2.43. The summed E-state index contributed by atoms with van der Waals surface area (Å²) in [6.45, 7) is 2.52. The first-order chi connectivity index (χ1) is 11.0. The lowest BCUT2D eigenvalue weighted by Gasteiger charge is -2.31. The molecule has 23 heavy (non-hydrogen) atoms. The van der Waals surface area contributed by atoms with Crippen molar-refractivity contribution in [2.45, 2.75) is 38.0 Å². The third-order valence-electron chi connectivity index (χ3n) is 4.91. The zero-order valence-corrected chi connectivity index (χ0v) is 13.4. The SMILES string of the molecule is O=C(Cc1ccc(CC2CCNC2)cc1)N1CCC(F)(F)CC1. The molecular formula is C18H24F2N2O. The molecule has 5 heteroatoms. The van der Waals surface area contributed by atoms with Crippen molar-refractivity contribution in [1.29, 1.82) is 0 Å². The van der Waals surface area contributed by atoms with Gasteiger partial charge in [-0.15, -0.1) is 0 Å². The number of benzene rings is 1. The minimum absolute atomic E-state index is 0.0479. The molecule has 2 fully saturated rings. The van der Waals surface area contributed by atoms with Gasteiger partial charge in [0.1, 0.15) is 0 Å². The lowest BCUT2D eigenvalue weighted by molar-refractivity contribution is -0.136. The Balaban J connectivity index is 1.50. The number of rotatable bonds is 4. The highest BCUT2D eigenvalue weighted by atomic mass is 19.3. The van der Waals surface area contributed by atoms with Gasteiger partial charge in [-0.2, -0.15) is 0 Å². The minimum atomic E-state index is -2.60. The van der Waals surface area contributed by atoms with Gasteiger partial charge in [-0.1, -0.05) is 24.3 Å². The standard InChI is InChI=1S/C18H24F2N2O/c19-18(20)6-9-22(10-7-18)17(23)12-15-3-1-14(2-4-15)11-16-5-8-21-13-16/h1-4,16,21H,5-13H2. The zero-order valence-electron chi connectivity index (χ0n) is 13.4. The number of hydrogen-bond acceptors (Lipinski definition) is 2. The summed E-state index contributed by atoms with van der Waals surface area (Å²) < 4.78 is 26.3. The van der Waals surface area contributed by atoms with Crippen LogP contribution in [0.5, 0.6) is 0 Å². The summed E-state index contributed by atoms with van der Waals surface area (Å²) in [7, 11) is 0. The fourth-order valence-electron chi connectivity index (χ4n) is 3.38. The van der Waals surface area contributed by atoms with E-state index in [0.29, 0.717) is 12.3 Å². The number of carbonyl (C=O) groups is 1. The van der Waals surface area contributed by atoms with Gasteiger partial charge in [0.2, 0.25) is 5.91 Å². The van der Waals surface area contributed by atoms with Gasteiger partial charge in [-0.3, -0.25) is 4.79 Å². The monoisotopic (exact) mass is 322 g/mol. The van der Waals surface area contributed by atoms with Gasteiger partial charge in [-0.05, 0) is 43.0 Å². The number of nitrogens with one attached hydrogen (secondary N) is 1. The summed E-state index contributed by atoms with van der Waals surface area (Å²) in [6, 6.07) is 8.17. The molecule has 1 atom stereocenters. The van der Waals surface area contributed by atoms with E-state index in [1.54, 1.807) is 4.90 Å². The number of nitrogens with zero attached hydrogens (tertiary/aromatic N) is 1. The van der Waals surface area contributed by atoms with Crippen molar-refractivity contribution in [3.05, 3.63) is 35.4 Å². The van der Waals surface area contributed by atoms with Crippen LogP contribution in [0.3, 0.4) is 0 Å². The molecule has 2 heterocycles. The van der Waals surface area contributed by atoms with Crippen LogP contribution in [0.15, 0.2) is 24.3 Å². The van der Waals surface area contributed by atoms with Crippen molar-refractivity contribution in [2.75, 3.05) is 26.2 Å². The zero-order chi connectivity index (χ0) is 16.3. The molecule has 0 bridgehead atoms. The summed E-state index contributed by atoms with van der Waals surface area (Å²) in [5, 5.41) is 3.37. The Morgan fingerprint density at radius 2 is 1.83 bits per heavy atom. The van der Waals surface area contributed by atoms with Gasteiger partial charge in [0.15, 0.2) is 0 Å². The number of carbonyl (C=O) groups excluding carboxylic acids is 1. The predicted molar refractivity (Wildman–Crippen MR) is 85.6 cm³/mol. The smallest absolute Gasteiger partial charge is 0.251 e. The van der Waals surface area contributed by atoms with Gasteiger partial charge in [0.25, 0.3) is 5.92 Å². The molecule has 126 valence electrons. The summed E-state index contributed by atoms with van der Waals surface area (Å²) in [6.07, 6.45) is 2.17. The number of halogens is 2. The fourth-order valence-corrected chi connectivity index (χ4v) is 3.38. The second-order valence-corrected chi connectivity index (χ2v) is 6.79. The molecule has 1 aromatic carbocycles. The first-order valence-corrected chi connectivity index (χ1v) is 8.46. The Morgan fingerprint density at radius 1 is 1.17 bits per heavy atom. The van der Waals surface area contributed by atoms with Crippen molar-refractivity contribution in [3.63, 3.8) is 0 Å². The van der Waals surface area contributed by atoms with Gasteiger partial charge >= 0.3 is 0 Å². The third-order valence-corrected chi connectivity index (χ3v) is 4.91. The van der Waals surface area contributed by atoms with E-state index >= 15 is 0 Å². The second-order valence-electron chi connectivity index (χ2n) is 6.79. The van der Waals surface area contributed by atoms with Crippen LogP contribution < -0.4 is 5.32 Å². The summed E-state index contributed by atoms with van der Waals surface area (Å²) in [4.78, 5) is 13.8. The van der Waals surface area contributed by atoms with Crippen LogP contribution in [0.4, 0.5) is 8.78 Å². The van der Waals surface area contributed by atoms with Crippen LogP contribution in [-0.2, 0) is 17.6 Å². The molecule has 3 rings (SSSR count). The number of likely N-dealkylation sites (tertiary alicyclic amines) is 1. The van der Waals surface area contributed by atoms with E-state index in [4.69, 9.17) is 0 Å². The number of amides is 1. The van der Waals surface area contributed by atoms with Crippen LogP contribution in [-0.4, -0.2) is 42.9 Å². The fraction of sp³-hybridized carbons (Fsp3) is 0.611. The molecule has 2 aliphatic rings. The van der Waals surface area contributed by atoms with Gasteiger partial charge in [0, 0.05) is 25.9 Å². The molecule has 0 spiro atoms. The van der Waals surface area contributed by atoms with Gasteiger partial charge < -0.3 is 10.2 Å². The molecule has 1 N–H and O–H groups in total. The minimum Gasteiger partial charge on any atom is -0.342 e. The van der Waals surface area contributed by atoms with Crippen LogP contribution in [0.2, 0.25) is 0 Å². The quantitative estimate of drug-likeness (QED) is 0.924. The summed E-state index contributed by atoms with van der Waals surface area (Å²) in [5.41, 5.74) is 2.26. The average molecular weight is 322 g/mol. The van der Waals surface area contributed by atoms with Crippen molar-refractivity contribution in [3.8, 4) is 0 Å². The first-order valence-electron chi connectivity index (χ1n) is 8.46. The first kappa shape index (κ1) is 16.4. The lowest BCUT2D eigenvalue weighted by atomic mass is 9.97. The largest absolute Gasteiger partial charge is 0.342 e. The van der Waals surface area contributed by atoms with Crippen LogP contribution >= 0.6 is 0 Å². The van der Waals surface area contributed by atoms with Crippen molar-refractivity contribution < 1.29 is 13.6 Å². The maximum absolute atomic E-state index is 13.1. The number of alkyl halides is 2. The van der Waals surface area contributed by atoms with E-state index in [-0.39, 0.29) is 31.8 Å². The second kappa shape index (κ2) is 6.95. The molecular weight excluding hydrogens is 298 g/mol. The van der Waals surface area contributed by atoms with Crippen molar-refractivity contribution in [2.24, 2.45) is 5.92 Å².